The molecule has 0 bridgehead atoms. The molecule has 32 heavy (non-hydrogen) atoms. The van der Waals surface area contributed by atoms with Crippen molar-refractivity contribution in [2.75, 3.05) is 13.1 Å². The SMILES string of the molecule is Cc1cc(C(=O)N2CCC3(CC2)Oc2ccccc2-c2ncn(C)c23)ccc1OC(C)C. The molecule has 0 radical (unpaired) electrons. The molecule has 1 spiro atoms. The van der Waals surface area contributed by atoms with E-state index >= 15 is 0 Å². The Balaban J connectivity index is 1.37. The highest BCUT2D eigenvalue weighted by molar-refractivity contribution is 5.94. The number of aryl methyl sites for hydroxylation is 2. The molecule has 0 aliphatic carbocycles. The highest BCUT2D eigenvalue weighted by Crippen LogP contribution is 2.48. The molecule has 1 saturated heterocycles. The molecule has 166 valence electrons. The van der Waals surface area contributed by atoms with Crippen LogP contribution in [0.4, 0.5) is 0 Å². The van der Waals surface area contributed by atoms with Gasteiger partial charge in [-0.05, 0) is 56.7 Å². The first-order valence-corrected chi connectivity index (χ1v) is 11.2. The standard InChI is InChI=1S/C26H29N3O3/c1-17(2)31-21-10-9-19(15-18(21)3)25(30)29-13-11-26(12-14-29)24-23(27-16-28(24)4)20-7-5-6-8-22(20)32-26/h5-10,15-17H,11-14H2,1-4H3. The van der Waals surface area contributed by atoms with E-state index in [1.165, 1.54) is 0 Å². The Morgan fingerprint density at radius 3 is 2.62 bits per heavy atom. The molecule has 5 rings (SSSR count). The smallest absolute Gasteiger partial charge is 0.253 e. The summed E-state index contributed by atoms with van der Waals surface area (Å²) in [7, 11) is 2.02. The van der Waals surface area contributed by atoms with Gasteiger partial charge in [0.25, 0.3) is 5.91 Å². The number of benzene rings is 2. The van der Waals surface area contributed by atoms with Crippen molar-refractivity contribution in [2.45, 2.75) is 45.3 Å². The first-order chi connectivity index (χ1) is 15.4. The molecule has 0 atom stereocenters. The maximum Gasteiger partial charge on any atom is 0.253 e. The topological polar surface area (TPSA) is 56.6 Å². The van der Waals surface area contributed by atoms with E-state index < -0.39 is 5.60 Å². The second-order valence-corrected chi connectivity index (χ2v) is 9.08. The molecule has 1 amide bonds. The average molecular weight is 432 g/mol. The second-order valence-electron chi connectivity index (χ2n) is 9.08. The fourth-order valence-electron chi connectivity index (χ4n) is 4.94. The van der Waals surface area contributed by atoms with Crippen molar-refractivity contribution in [1.29, 1.82) is 0 Å². The van der Waals surface area contributed by atoms with Gasteiger partial charge < -0.3 is 18.9 Å². The molecule has 2 aromatic carbocycles. The third-order valence-corrected chi connectivity index (χ3v) is 6.46. The molecule has 0 N–H and O–H groups in total. The van der Waals surface area contributed by atoms with Crippen molar-refractivity contribution in [1.82, 2.24) is 14.5 Å². The van der Waals surface area contributed by atoms with Gasteiger partial charge in [-0.2, -0.15) is 0 Å². The number of likely N-dealkylation sites (tertiary alicyclic amines) is 1. The number of hydrogen-bond donors (Lipinski definition) is 0. The van der Waals surface area contributed by atoms with E-state index in [1.54, 1.807) is 0 Å². The molecule has 1 fully saturated rings. The van der Waals surface area contributed by atoms with Crippen LogP contribution in [0, 0.1) is 6.92 Å². The van der Waals surface area contributed by atoms with Gasteiger partial charge in [0.05, 0.1) is 23.8 Å². The minimum atomic E-state index is -0.462. The van der Waals surface area contributed by atoms with Gasteiger partial charge in [0.1, 0.15) is 11.5 Å². The summed E-state index contributed by atoms with van der Waals surface area (Å²) in [5.74, 6) is 1.75. The number of amides is 1. The zero-order valence-electron chi connectivity index (χ0n) is 19.1. The number of para-hydroxylation sites is 1. The quantitative estimate of drug-likeness (QED) is 0.603. The molecule has 2 aliphatic heterocycles. The lowest BCUT2D eigenvalue weighted by Gasteiger charge is -2.44. The Morgan fingerprint density at radius 1 is 1.16 bits per heavy atom. The highest BCUT2D eigenvalue weighted by atomic mass is 16.5. The van der Waals surface area contributed by atoms with Crippen molar-refractivity contribution in [3.05, 3.63) is 65.6 Å². The first kappa shape index (κ1) is 20.6. The predicted octanol–water partition coefficient (Wildman–Crippen LogP) is 4.71. The average Bonchev–Trinajstić information content (AvgIpc) is 3.18. The van der Waals surface area contributed by atoms with Crippen LogP contribution in [0.5, 0.6) is 11.5 Å². The Hall–Kier alpha value is -3.28. The number of fused-ring (bicyclic) bond motifs is 4. The zero-order chi connectivity index (χ0) is 22.5. The summed E-state index contributed by atoms with van der Waals surface area (Å²) in [6, 6.07) is 13.8. The highest BCUT2D eigenvalue weighted by Gasteiger charge is 2.46. The number of ether oxygens (including phenoxy) is 2. The van der Waals surface area contributed by atoms with E-state index in [2.05, 4.69) is 15.6 Å². The molecular formula is C26H29N3O3. The second kappa shape index (κ2) is 7.69. The summed E-state index contributed by atoms with van der Waals surface area (Å²) in [6.07, 6.45) is 3.42. The maximum atomic E-state index is 13.2. The third kappa shape index (κ3) is 3.34. The number of aromatic nitrogens is 2. The molecule has 1 aromatic heterocycles. The van der Waals surface area contributed by atoms with E-state index in [0.29, 0.717) is 18.7 Å². The zero-order valence-corrected chi connectivity index (χ0v) is 19.1. The Kier molecular flexibility index (Phi) is 4.96. The molecule has 0 saturated carbocycles. The fourth-order valence-corrected chi connectivity index (χ4v) is 4.94. The number of imidazole rings is 1. The van der Waals surface area contributed by atoms with Crippen molar-refractivity contribution in [2.24, 2.45) is 7.05 Å². The lowest BCUT2D eigenvalue weighted by atomic mass is 9.83. The van der Waals surface area contributed by atoms with Crippen LogP contribution in [0.2, 0.25) is 0 Å². The fraction of sp³-hybridized carbons (Fsp3) is 0.385. The van der Waals surface area contributed by atoms with E-state index in [0.717, 1.165) is 46.9 Å². The monoisotopic (exact) mass is 431 g/mol. The summed E-state index contributed by atoms with van der Waals surface area (Å²) in [5.41, 5.74) is 4.35. The summed E-state index contributed by atoms with van der Waals surface area (Å²) in [6.45, 7) is 7.25. The van der Waals surface area contributed by atoms with Gasteiger partial charge in [0.2, 0.25) is 0 Å². The van der Waals surface area contributed by atoms with Gasteiger partial charge in [-0.1, -0.05) is 12.1 Å². The molecule has 6 heteroatoms. The van der Waals surface area contributed by atoms with Gasteiger partial charge in [-0.3, -0.25) is 4.79 Å². The van der Waals surface area contributed by atoms with Gasteiger partial charge in [0, 0.05) is 44.1 Å². The van der Waals surface area contributed by atoms with Crippen molar-refractivity contribution in [3.8, 4) is 22.8 Å². The number of carbonyl (C=O) groups is 1. The van der Waals surface area contributed by atoms with Crippen LogP contribution >= 0.6 is 0 Å². The van der Waals surface area contributed by atoms with Gasteiger partial charge >= 0.3 is 0 Å². The van der Waals surface area contributed by atoms with Gasteiger partial charge in [0.15, 0.2) is 5.60 Å². The number of piperidine rings is 1. The van der Waals surface area contributed by atoms with Crippen molar-refractivity contribution in [3.63, 3.8) is 0 Å². The normalized spacial score (nSPS) is 16.5. The van der Waals surface area contributed by atoms with Crippen molar-refractivity contribution >= 4 is 5.91 Å². The Bertz CT molecular complexity index is 1170. The third-order valence-electron chi connectivity index (χ3n) is 6.46. The molecule has 6 nitrogen and oxygen atoms in total. The summed E-state index contributed by atoms with van der Waals surface area (Å²) < 4.78 is 14.5. The van der Waals surface area contributed by atoms with E-state index in [9.17, 15) is 4.79 Å². The van der Waals surface area contributed by atoms with Gasteiger partial charge in [-0.25, -0.2) is 4.98 Å². The van der Waals surface area contributed by atoms with Crippen LogP contribution in [0.3, 0.4) is 0 Å². The minimum Gasteiger partial charge on any atom is -0.491 e. The summed E-state index contributed by atoms with van der Waals surface area (Å²) in [4.78, 5) is 19.9. The number of carbonyl (C=O) groups excluding carboxylic acids is 1. The number of nitrogens with zero attached hydrogens (tertiary/aromatic N) is 3. The van der Waals surface area contributed by atoms with Crippen LogP contribution in [0.15, 0.2) is 48.8 Å². The number of hydrogen-bond acceptors (Lipinski definition) is 4. The lowest BCUT2D eigenvalue weighted by Crippen LogP contribution is -2.49. The Labute approximate surface area is 188 Å². The predicted molar refractivity (Wildman–Crippen MR) is 123 cm³/mol. The Morgan fingerprint density at radius 2 is 1.91 bits per heavy atom. The molecule has 3 heterocycles. The lowest BCUT2D eigenvalue weighted by molar-refractivity contribution is -0.00670. The van der Waals surface area contributed by atoms with Gasteiger partial charge in [-0.15, -0.1) is 0 Å². The largest absolute Gasteiger partial charge is 0.491 e. The minimum absolute atomic E-state index is 0.0560. The van der Waals surface area contributed by atoms with E-state index in [4.69, 9.17) is 9.47 Å². The van der Waals surface area contributed by atoms with Crippen LogP contribution in [0.25, 0.3) is 11.3 Å². The van der Waals surface area contributed by atoms with Crippen LogP contribution < -0.4 is 9.47 Å². The first-order valence-electron chi connectivity index (χ1n) is 11.2. The molecule has 0 unspecified atom stereocenters. The van der Waals surface area contributed by atoms with E-state index in [1.807, 2.05) is 75.4 Å². The molecular weight excluding hydrogens is 402 g/mol. The molecule has 2 aliphatic rings. The van der Waals surface area contributed by atoms with Crippen LogP contribution in [-0.4, -0.2) is 39.6 Å². The van der Waals surface area contributed by atoms with Crippen LogP contribution in [0.1, 0.15) is 48.3 Å². The molecule has 3 aromatic rings. The van der Waals surface area contributed by atoms with E-state index in [-0.39, 0.29) is 12.0 Å². The summed E-state index contributed by atoms with van der Waals surface area (Å²) >= 11 is 0. The van der Waals surface area contributed by atoms with Crippen molar-refractivity contribution < 1.29 is 14.3 Å². The van der Waals surface area contributed by atoms with Crippen LogP contribution in [-0.2, 0) is 12.6 Å². The summed E-state index contributed by atoms with van der Waals surface area (Å²) in [5, 5.41) is 0. The number of rotatable bonds is 3. The maximum absolute atomic E-state index is 13.2.